The Balaban J connectivity index is 1.77. The van der Waals surface area contributed by atoms with Gasteiger partial charge in [0.2, 0.25) is 0 Å². The summed E-state index contributed by atoms with van der Waals surface area (Å²) in [5, 5.41) is 0. The van der Waals surface area contributed by atoms with Crippen LogP contribution in [0.4, 0.5) is 5.69 Å². The predicted molar refractivity (Wildman–Crippen MR) is 87.5 cm³/mol. The predicted octanol–water partition coefficient (Wildman–Crippen LogP) is 1.72. The number of likely N-dealkylation sites (N-methyl/N-ethyl adjacent to an activating group) is 1. The number of nitrogens with zero attached hydrogens (tertiary/aromatic N) is 3. The monoisotopic (exact) mass is 296 g/mol. The minimum absolute atomic E-state index is 0.0994. The molecule has 1 aromatic carbocycles. The summed E-state index contributed by atoms with van der Waals surface area (Å²) >= 11 is 0. The average Bonchev–Trinajstić information content (AvgIpc) is 2.56. The van der Waals surface area contributed by atoms with E-state index in [9.17, 15) is 4.79 Å². The van der Waals surface area contributed by atoms with Gasteiger partial charge in [0, 0.05) is 43.5 Å². The molecule has 5 heteroatoms. The van der Waals surface area contributed by atoms with Gasteiger partial charge < -0.3 is 15.5 Å². The van der Waals surface area contributed by atoms with Crippen LogP contribution in [0, 0.1) is 0 Å². The highest BCUT2D eigenvalue weighted by molar-refractivity contribution is 5.95. The fourth-order valence-electron chi connectivity index (χ4n) is 2.65. The van der Waals surface area contributed by atoms with Crippen molar-refractivity contribution in [2.24, 2.45) is 0 Å². The highest BCUT2D eigenvalue weighted by Crippen LogP contribution is 2.25. The van der Waals surface area contributed by atoms with Crippen molar-refractivity contribution >= 4 is 11.6 Å². The first kappa shape index (κ1) is 14.5. The molecule has 1 fully saturated rings. The van der Waals surface area contributed by atoms with Crippen LogP contribution in [0.1, 0.15) is 10.4 Å². The molecular weight excluding hydrogens is 276 g/mol. The lowest BCUT2D eigenvalue weighted by molar-refractivity contribution is 0.0664. The maximum atomic E-state index is 12.5. The second-order valence-electron chi connectivity index (χ2n) is 5.64. The summed E-state index contributed by atoms with van der Waals surface area (Å²) in [6.45, 7) is 3.43. The first-order valence-electron chi connectivity index (χ1n) is 7.43. The summed E-state index contributed by atoms with van der Waals surface area (Å²) < 4.78 is 0. The zero-order valence-corrected chi connectivity index (χ0v) is 12.7. The van der Waals surface area contributed by atoms with Gasteiger partial charge in [-0.3, -0.25) is 9.78 Å². The third-order valence-corrected chi connectivity index (χ3v) is 4.09. The lowest BCUT2D eigenvalue weighted by atomic mass is 10.0. The Labute approximate surface area is 130 Å². The van der Waals surface area contributed by atoms with Gasteiger partial charge in [-0.05, 0) is 30.8 Å². The minimum atomic E-state index is 0.0994. The zero-order valence-electron chi connectivity index (χ0n) is 12.7. The molecule has 0 aliphatic carbocycles. The van der Waals surface area contributed by atoms with Gasteiger partial charge in [-0.15, -0.1) is 0 Å². The number of carbonyl (C=O) groups excluding carboxylic acids is 1. The van der Waals surface area contributed by atoms with Gasteiger partial charge in [-0.25, -0.2) is 0 Å². The van der Waals surface area contributed by atoms with Crippen molar-refractivity contribution in [3.05, 3.63) is 48.3 Å². The third kappa shape index (κ3) is 2.94. The average molecular weight is 296 g/mol. The lowest BCUT2D eigenvalue weighted by Gasteiger charge is -2.32. The lowest BCUT2D eigenvalue weighted by Crippen LogP contribution is -2.47. The third-order valence-electron chi connectivity index (χ3n) is 4.09. The van der Waals surface area contributed by atoms with E-state index >= 15 is 0 Å². The van der Waals surface area contributed by atoms with Crippen molar-refractivity contribution in [2.75, 3.05) is 39.0 Å². The molecule has 2 N–H and O–H groups in total. The Morgan fingerprint density at radius 3 is 2.41 bits per heavy atom. The summed E-state index contributed by atoms with van der Waals surface area (Å²) in [6.07, 6.45) is 3.35. The van der Waals surface area contributed by atoms with Crippen molar-refractivity contribution in [3.8, 4) is 11.1 Å². The van der Waals surface area contributed by atoms with E-state index in [1.807, 2.05) is 35.2 Å². The number of pyridine rings is 1. The molecule has 0 spiro atoms. The molecule has 1 saturated heterocycles. The zero-order chi connectivity index (χ0) is 15.5. The van der Waals surface area contributed by atoms with Gasteiger partial charge in [0.15, 0.2) is 0 Å². The molecule has 0 atom stereocenters. The molecular formula is C17H20N4O. The number of amides is 1. The van der Waals surface area contributed by atoms with Crippen molar-refractivity contribution in [2.45, 2.75) is 0 Å². The van der Waals surface area contributed by atoms with Gasteiger partial charge in [0.05, 0.1) is 11.9 Å². The van der Waals surface area contributed by atoms with E-state index in [0.29, 0.717) is 5.69 Å². The van der Waals surface area contributed by atoms with Crippen LogP contribution >= 0.6 is 0 Å². The van der Waals surface area contributed by atoms with Crippen molar-refractivity contribution in [1.82, 2.24) is 14.8 Å². The van der Waals surface area contributed by atoms with Gasteiger partial charge in [0.1, 0.15) is 0 Å². The number of nitrogen functional groups attached to an aromatic ring is 1. The van der Waals surface area contributed by atoms with Gasteiger partial charge in [-0.1, -0.05) is 12.1 Å². The van der Waals surface area contributed by atoms with E-state index in [1.165, 1.54) is 0 Å². The molecule has 2 aromatic rings. The number of benzene rings is 1. The Morgan fingerprint density at radius 2 is 1.77 bits per heavy atom. The van der Waals surface area contributed by atoms with Gasteiger partial charge in [0.25, 0.3) is 5.91 Å². The van der Waals surface area contributed by atoms with Crippen LogP contribution < -0.4 is 5.73 Å². The fourth-order valence-corrected chi connectivity index (χ4v) is 2.65. The molecule has 114 valence electrons. The normalized spacial score (nSPS) is 15.8. The quantitative estimate of drug-likeness (QED) is 0.916. The Bertz CT molecular complexity index is 661. The second kappa shape index (κ2) is 6.15. The number of hydrogen-bond acceptors (Lipinski definition) is 4. The first-order chi connectivity index (χ1) is 10.6. The molecule has 0 saturated carbocycles. The van der Waals surface area contributed by atoms with Crippen molar-refractivity contribution < 1.29 is 4.79 Å². The van der Waals surface area contributed by atoms with Gasteiger partial charge >= 0.3 is 0 Å². The summed E-state index contributed by atoms with van der Waals surface area (Å²) in [6, 6.07) is 9.50. The van der Waals surface area contributed by atoms with Crippen LogP contribution in [-0.2, 0) is 0 Å². The highest BCUT2D eigenvalue weighted by atomic mass is 16.2. The van der Waals surface area contributed by atoms with E-state index in [2.05, 4.69) is 16.9 Å². The number of hydrogen-bond donors (Lipinski definition) is 1. The van der Waals surface area contributed by atoms with Crippen LogP contribution in [0.3, 0.4) is 0 Å². The molecule has 0 bridgehead atoms. The number of nitrogens with two attached hydrogens (primary N) is 1. The number of rotatable bonds is 2. The molecule has 1 aliphatic rings. The maximum absolute atomic E-state index is 12.5. The molecule has 2 heterocycles. The van der Waals surface area contributed by atoms with Crippen molar-refractivity contribution in [3.63, 3.8) is 0 Å². The summed E-state index contributed by atoms with van der Waals surface area (Å²) in [5.74, 6) is 0.0994. The van der Waals surface area contributed by atoms with Crippen LogP contribution in [0.2, 0.25) is 0 Å². The smallest absolute Gasteiger partial charge is 0.253 e. The molecule has 5 nitrogen and oxygen atoms in total. The minimum Gasteiger partial charge on any atom is -0.397 e. The van der Waals surface area contributed by atoms with E-state index < -0.39 is 0 Å². The van der Waals surface area contributed by atoms with Crippen molar-refractivity contribution in [1.29, 1.82) is 0 Å². The Morgan fingerprint density at radius 1 is 1.09 bits per heavy atom. The fraction of sp³-hybridized carbons (Fsp3) is 0.294. The molecule has 22 heavy (non-hydrogen) atoms. The van der Waals surface area contributed by atoms with Crippen LogP contribution in [0.25, 0.3) is 11.1 Å². The van der Waals surface area contributed by atoms with Crippen LogP contribution in [0.5, 0.6) is 0 Å². The summed E-state index contributed by atoms with van der Waals surface area (Å²) in [7, 11) is 2.08. The molecule has 1 aliphatic heterocycles. The molecule has 1 amide bonds. The van der Waals surface area contributed by atoms with E-state index in [1.54, 1.807) is 12.4 Å². The largest absolute Gasteiger partial charge is 0.397 e. The first-order valence-corrected chi connectivity index (χ1v) is 7.43. The van der Waals surface area contributed by atoms with Gasteiger partial charge in [-0.2, -0.15) is 0 Å². The maximum Gasteiger partial charge on any atom is 0.253 e. The second-order valence-corrected chi connectivity index (χ2v) is 5.64. The molecule has 0 radical (unpaired) electrons. The van der Waals surface area contributed by atoms with E-state index in [-0.39, 0.29) is 5.91 Å². The Hall–Kier alpha value is -2.40. The highest BCUT2D eigenvalue weighted by Gasteiger charge is 2.20. The SMILES string of the molecule is CN1CCN(C(=O)c2ccc(-c3ccncc3N)cc2)CC1. The molecule has 0 unspecified atom stereocenters. The number of aromatic nitrogens is 1. The van der Waals surface area contributed by atoms with Crippen LogP contribution in [0.15, 0.2) is 42.7 Å². The number of piperazine rings is 1. The topological polar surface area (TPSA) is 62.5 Å². The van der Waals surface area contributed by atoms with Crippen LogP contribution in [-0.4, -0.2) is 53.9 Å². The number of carbonyl (C=O) groups is 1. The Kier molecular flexibility index (Phi) is 4.06. The molecule has 3 rings (SSSR count). The van der Waals surface area contributed by atoms with E-state index in [0.717, 1.165) is 42.9 Å². The molecule has 1 aromatic heterocycles. The summed E-state index contributed by atoms with van der Waals surface area (Å²) in [4.78, 5) is 20.6. The van der Waals surface area contributed by atoms with E-state index in [4.69, 9.17) is 5.73 Å². The summed E-state index contributed by atoms with van der Waals surface area (Å²) in [5.41, 5.74) is 9.23. The number of anilines is 1. The standard InChI is InChI=1S/C17H20N4O/c1-20-8-10-21(11-9-20)17(22)14-4-2-13(3-5-14)15-6-7-19-12-16(15)18/h2-7,12H,8-11,18H2,1H3.